The van der Waals surface area contributed by atoms with Gasteiger partial charge in [-0.3, -0.25) is 4.79 Å². The summed E-state index contributed by atoms with van der Waals surface area (Å²) in [6.45, 7) is 0.862. The molecule has 3 rings (SSSR count). The van der Waals surface area contributed by atoms with Crippen molar-refractivity contribution in [3.05, 3.63) is 94.5 Å². The maximum absolute atomic E-state index is 12.3. The van der Waals surface area contributed by atoms with Crippen molar-refractivity contribution in [1.82, 2.24) is 5.32 Å². The van der Waals surface area contributed by atoms with Crippen LogP contribution in [-0.2, 0) is 22.9 Å². The number of sulfone groups is 1. The molecule has 0 heterocycles. The van der Waals surface area contributed by atoms with Gasteiger partial charge in [0.25, 0.3) is 5.91 Å². The molecule has 5 nitrogen and oxygen atoms in total. The number of hydrogen-bond acceptors (Lipinski definition) is 4. The first-order chi connectivity index (χ1) is 13.8. The summed E-state index contributed by atoms with van der Waals surface area (Å²) in [5.41, 5.74) is 3.01. The average Bonchev–Trinajstić information content (AvgIpc) is 2.71. The van der Waals surface area contributed by atoms with Crippen LogP contribution < -0.4 is 10.6 Å². The predicted molar refractivity (Wildman–Crippen MR) is 116 cm³/mol. The summed E-state index contributed by atoms with van der Waals surface area (Å²) in [6, 6.07) is 21.3. The van der Waals surface area contributed by atoms with Gasteiger partial charge in [0.15, 0.2) is 9.84 Å². The van der Waals surface area contributed by atoms with Gasteiger partial charge in [0.05, 0.1) is 10.6 Å². The van der Waals surface area contributed by atoms with E-state index in [2.05, 4.69) is 10.6 Å². The van der Waals surface area contributed by atoms with Gasteiger partial charge in [0, 0.05) is 29.9 Å². The number of benzene rings is 3. The Hall–Kier alpha value is -2.83. The third-order valence-corrected chi connectivity index (χ3v) is 5.76. The highest BCUT2D eigenvalue weighted by Crippen LogP contribution is 2.21. The minimum atomic E-state index is -3.31. The molecule has 150 valence electrons. The quantitative estimate of drug-likeness (QED) is 0.588. The van der Waals surface area contributed by atoms with Crippen molar-refractivity contribution in [2.75, 3.05) is 11.6 Å². The molecule has 29 heavy (non-hydrogen) atoms. The smallest absolute Gasteiger partial charge is 0.251 e. The first-order valence-electron chi connectivity index (χ1n) is 8.97. The lowest BCUT2D eigenvalue weighted by Crippen LogP contribution is -2.22. The first-order valence-corrected chi connectivity index (χ1v) is 11.2. The Bertz CT molecular complexity index is 1100. The minimum absolute atomic E-state index is 0.165. The zero-order valence-electron chi connectivity index (χ0n) is 15.9. The van der Waals surface area contributed by atoms with E-state index in [9.17, 15) is 13.2 Å². The molecule has 2 N–H and O–H groups in total. The number of carbonyl (C=O) groups excluding carboxylic acids is 1. The SMILES string of the molecule is CS(=O)(=O)c1ccccc1NCc1ccc(C(=O)NCc2ccc(Cl)cc2)cc1. The monoisotopic (exact) mass is 428 g/mol. The van der Waals surface area contributed by atoms with Gasteiger partial charge in [0.2, 0.25) is 0 Å². The van der Waals surface area contributed by atoms with Crippen molar-refractivity contribution in [3.63, 3.8) is 0 Å². The Morgan fingerprint density at radius 2 is 1.45 bits per heavy atom. The van der Waals surface area contributed by atoms with Gasteiger partial charge in [0.1, 0.15) is 0 Å². The van der Waals surface area contributed by atoms with Crippen molar-refractivity contribution < 1.29 is 13.2 Å². The summed E-state index contributed by atoms with van der Waals surface area (Å²) in [6.07, 6.45) is 1.19. The third kappa shape index (κ3) is 5.82. The summed E-state index contributed by atoms with van der Waals surface area (Å²) >= 11 is 5.86. The standard InChI is InChI=1S/C22H21ClN2O3S/c1-29(27,28)21-5-3-2-4-20(21)24-14-16-6-10-18(11-7-16)22(26)25-15-17-8-12-19(23)13-9-17/h2-13,24H,14-15H2,1H3,(H,25,26). The van der Waals surface area contributed by atoms with Gasteiger partial charge in [-0.2, -0.15) is 0 Å². The predicted octanol–water partition coefficient (Wildman–Crippen LogP) is 4.29. The number of amides is 1. The molecule has 0 atom stereocenters. The summed E-state index contributed by atoms with van der Waals surface area (Å²) in [4.78, 5) is 12.6. The molecule has 0 aliphatic carbocycles. The zero-order valence-corrected chi connectivity index (χ0v) is 17.4. The highest BCUT2D eigenvalue weighted by Gasteiger charge is 2.12. The first kappa shape index (κ1) is 20.9. The highest BCUT2D eigenvalue weighted by molar-refractivity contribution is 7.90. The van der Waals surface area contributed by atoms with E-state index in [4.69, 9.17) is 11.6 Å². The van der Waals surface area contributed by atoms with Gasteiger partial charge in [-0.15, -0.1) is 0 Å². The van der Waals surface area contributed by atoms with E-state index in [1.807, 2.05) is 24.3 Å². The maximum Gasteiger partial charge on any atom is 0.251 e. The second-order valence-corrected chi connectivity index (χ2v) is 9.05. The highest BCUT2D eigenvalue weighted by atomic mass is 35.5. The van der Waals surface area contributed by atoms with Crippen LogP contribution in [0.25, 0.3) is 0 Å². The molecule has 3 aromatic carbocycles. The van der Waals surface area contributed by atoms with E-state index < -0.39 is 9.84 Å². The van der Waals surface area contributed by atoms with E-state index in [1.165, 1.54) is 6.26 Å². The lowest BCUT2D eigenvalue weighted by Gasteiger charge is -2.11. The maximum atomic E-state index is 12.3. The van der Waals surface area contributed by atoms with Crippen molar-refractivity contribution in [2.24, 2.45) is 0 Å². The molecule has 0 spiro atoms. The van der Waals surface area contributed by atoms with Gasteiger partial charge in [-0.1, -0.05) is 48.0 Å². The molecule has 1 amide bonds. The van der Waals surface area contributed by atoms with E-state index in [0.29, 0.717) is 29.4 Å². The van der Waals surface area contributed by atoms with E-state index in [-0.39, 0.29) is 10.8 Å². The van der Waals surface area contributed by atoms with Crippen LogP contribution in [-0.4, -0.2) is 20.6 Å². The Morgan fingerprint density at radius 1 is 0.862 bits per heavy atom. The second kappa shape index (κ2) is 9.11. The fourth-order valence-corrected chi connectivity index (χ4v) is 3.79. The van der Waals surface area contributed by atoms with Gasteiger partial charge >= 0.3 is 0 Å². The normalized spacial score (nSPS) is 11.1. The molecule has 0 saturated carbocycles. The summed E-state index contributed by atoms with van der Waals surface area (Å²) < 4.78 is 23.7. The van der Waals surface area contributed by atoms with Gasteiger partial charge < -0.3 is 10.6 Å². The molecule has 3 aromatic rings. The number of para-hydroxylation sites is 1. The summed E-state index contributed by atoms with van der Waals surface area (Å²) in [7, 11) is -3.31. The Balaban J connectivity index is 1.59. The molecule has 0 aliphatic rings. The van der Waals surface area contributed by atoms with E-state index in [1.54, 1.807) is 48.5 Å². The van der Waals surface area contributed by atoms with Crippen LogP contribution in [0.4, 0.5) is 5.69 Å². The lowest BCUT2D eigenvalue weighted by atomic mass is 10.1. The van der Waals surface area contributed by atoms with Crippen LogP contribution >= 0.6 is 11.6 Å². The molecule has 0 aliphatic heterocycles. The number of nitrogens with one attached hydrogen (secondary N) is 2. The molecule has 0 saturated heterocycles. The largest absolute Gasteiger partial charge is 0.380 e. The van der Waals surface area contributed by atoms with Crippen molar-refractivity contribution >= 4 is 33.0 Å². The van der Waals surface area contributed by atoms with Crippen LogP contribution in [0.5, 0.6) is 0 Å². The van der Waals surface area contributed by atoms with Crippen LogP contribution in [0.3, 0.4) is 0 Å². The molecule has 7 heteroatoms. The fourth-order valence-electron chi connectivity index (χ4n) is 2.79. The average molecular weight is 429 g/mol. The van der Waals surface area contributed by atoms with Crippen molar-refractivity contribution in [3.8, 4) is 0 Å². The zero-order chi connectivity index (χ0) is 20.9. The van der Waals surface area contributed by atoms with Crippen molar-refractivity contribution in [2.45, 2.75) is 18.0 Å². The second-order valence-electron chi connectivity index (χ2n) is 6.63. The molecule has 0 aromatic heterocycles. The van der Waals surface area contributed by atoms with Gasteiger partial charge in [-0.05, 0) is 47.5 Å². The molecule has 0 bridgehead atoms. The topological polar surface area (TPSA) is 75.3 Å². The Labute approximate surface area is 175 Å². The van der Waals surface area contributed by atoms with Crippen LogP contribution in [0.1, 0.15) is 21.5 Å². The number of rotatable bonds is 7. The Morgan fingerprint density at radius 3 is 2.10 bits per heavy atom. The van der Waals surface area contributed by atoms with Crippen LogP contribution in [0.15, 0.2) is 77.7 Å². The van der Waals surface area contributed by atoms with E-state index >= 15 is 0 Å². The molecule has 0 unspecified atom stereocenters. The molecule has 0 radical (unpaired) electrons. The van der Waals surface area contributed by atoms with Gasteiger partial charge in [-0.25, -0.2) is 8.42 Å². The lowest BCUT2D eigenvalue weighted by molar-refractivity contribution is 0.0951. The van der Waals surface area contributed by atoms with E-state index in [0.717, 1.165) is 11.1 Å². The number of hydrogen-bond donors (Lipinski definition) is 2. The Kier molecular flexibility index (Phi) is 6.56. The summed E-state index contributed by atoms with van der Waals surface area (Å²) in [5.74, 6) is -0.165. The minimum Gasteiger partial charge on any atom is -0.380 e. The number of halogens is 1. The molecular weight excluding hydrogens is 408 g/mol. The molecule has 0 fully saturated rings. The molecular formula is C22H21ClN2O3S. The fraction of sp³-hybridized carbons (Fsp3) is 0.136. The third-order valence-electron chi connectivity index (χ3n) is 4.35. The number of anilines is 1. The summed E-state index contributed by atoms with van der Waals surface area (Å²) in [5, 5.41) is 6.67. The van der Waals surface area contributed by atoms with Crippen LogP contribution in [0.2, 0.25) is 5.02 Å². The van der Waals surface area contributed by atoms with Crippen LogP contribution in [0, 0.1) is 0 Å². The van der Waals surface area contributed by atoms with Crippen molar-refractivity contribution in [1.29, 1.82) is 0 Å². The number of carbonyl (C=O) groups is 1.